The van der Waals surface area contributed by atoms with Crippen LogP contribution in [-0.2, 0) is 38.6 Å². The standard InChI is InChI=1S/C26H24ClF3N2O5S2/c1-2-37-25(34)23-18-10-6-7-11-21(18)38-24(23)31-22(33)15-32(39(35,36)17-8-4-3-5-9-17)16-12-13-20(27)19(14-16)26(28,29)30/h3-5,8-9,12-14H,2,6-7,10-11,15H2,1H3,(H,31,33). The van der Waals surface area contributed by atoms with Crippen molar-refractivity contribution in [1.29, 1.82) is 0 Å². The maximum Gasteiger partial charge on any atom is 0.417 e. The summed E-state index contributed by atoms with van der Waals surface area (Å²) in [5.41, 5.74) is -0.623. The van der Waals surface area contributed by atoms with Gasteiger partial charge in [-0.2, -0.15) is 13.2 Å². The average molecular weight is 601 g/mol. The first kappa shape index (κ1) is 28.9. The number of alkyl halides is 3. The molecular weight excluding hydrogens is 577 g/mol. The van der Waals surface area contributed by atoms with Crippen LogP contribution in [0.15, 0.2) is 53.4 Å². The van der Waals surface area contributed by atoms with E-state index in [1.807, 2.05) is 0 Å². The molecule has 1 N–H and O–H groups in total. The van der Waals surface area contributed by atoms with Gasteiger partial charge in [-0.05, 0) is 68.5 Å². The van der Waals surface area contributed by atoms with Crippen molar-refractivity contribution in [2.24, 2.45) is 0 Å². The molecule has 0 aliphatic heterocycles. The summed E-state index contributed by atoms with van der Waals surface area (Å²) in [6, 6.07) is 9.64. The molecular formula is C26H24ClF3N2O5S2. The molecule has 0 radical (unpaired) electrons. The van der Waals surface area contributed by atoms with Gasteiger partial charge in [0.1, 0.15) is 11.5 Å². The minimum absolute atomic E-state index is 0.123. The summed E-state index contributed by atoms with van der Waals surface area (Å²) >= 11 is 6.95. The van der Waals surface area contributed by atoms with Gasteiger partial charge in [-0.1, -0.05) is 29.8 Å². The molecule has 208 valence electrons. The fourth-order valence-corrected chi connectivity index (χ4v) is 7.24. The summed E-state index contributed by atoms with van der Waals surface area (Å²) in [7, 11) is -4.48. The highest BCUT2D eigenvalue weighted by atomic mass is 35.5. The molecule has 0 saturated carbocycles. The molecule has 4 rings (SSSR count). The normalized spacial score (nSPS) is 13.5. The first-order chi connectivity index (χ1) is 18.4. The van der Waals surface area contributed by atoms with E-state index < -0.39 is 50.9 Å². The molecule has 1 aliphatic rings. The second-order valence-corrected chi connectivity index (χ2v) is 12.0. The van der Waals surface area contributed by atoms with E-state index in [0.29, 0.717) is 16.8 Å². The van der Waals surface area contributed by atoms with Crippen molar-refractivity contribution in [3.8, 4) is 0 Å². The third-order valence-corrected chi connectivity index (χ3v) is 9.39. The Morgan fingerprint density at radius 2 is 1.79 bits per heavy atom. The molecule has 0 saturated heterocycles. The topological polar surface area (TPSA) is 92.8 Å². The summed E-state index contributed by atoms with van der Waals surface area (Å²) in [5.74, 6) is -1.45. The molecule has 39 heavy (non-hydrogen) atoms. The second-order valence-electron chi connectivity index (χ2n) is 8.67. The number of hydrogen-bond donors (Lipinski definition) is 1. The number of nitrogens with one attached hydrogen (secondary N) is 1. The van der Waals surface area contributed by atoms with Crippen molar-refractivity contribution < 1.29 is 35.9 Å². The van der Waals surface area contributed by atoms with Gasteiger partial charge >= 0.3 is 12.1 Å². The monoisotopic (exact) mass is 600 g/mol. The van der Waals surface area contributed by atoms with E-state index in [1.54, 1.807) is 13.0 Å². The van der Waals surface area contributed by atoms with Crippen molar-refractivity contribution in [1.82, 2.24) is 0 Å². The number of sulfonamides is 1. The number of benzene rings is 2. The van der Waals surface area contributed by atoms with E-state index in [4.69, 9.17) is 16.3 Å². The Morgan fingerprint density at radius 3 is 2.46 bits per heavy atom. The third-order valence-electron chi connectivity index (χ3n) is 6.07. The highest BCUT2D eigenvalue weighted by Crippen LogP contribution is 2.40. The van der Waals surface area contributed by atoms with Crippen LogP contribution in [0.5, 0.6) is 0 Å². The number of anilines is 2. The van der Waals surface area contributed by atoms with Crippen LogP contribution in [0.3, 0.4) is 0 Å². The zero-order chi connectivity index (χ0) is 28.4. The predicted molar refractivity (Wildman–Crippen MR) is 143 cm³/mol. The van der Waals surface area contributed by atoms with E-state index >= 15 is 0 Å². The molecule has 0 atom stereocenters. The molecule has 1 amide bonds. The quantitative estimate of drug-likeness (QED) is 0.306. The van der Waals surface area contributed by atoms with Crippen LogP contribution in [0.4, 0.5) is 23.9 Å². The van der Waals surface area contributed by atoms with Crippen LogP contribution in [-0.4, -0.2) is 33.4 Å². The number of hydrogen-bond acceptors (Lipinski definition) is 6. The van der Waals surface area contributed by atoms with E-state index in [2.05, 4.69) is 5.32 Å². The summed E-state index contributed by atoms with van der Waals surface area (Å²) in [6.07, 6.45) is -1.71. The van der Waals surface area contributed by atoms with Gasteiger partial charge in [-0.15, -0.1) is 11.3 Å². The minimum atomic E-state index is -4.86. The third kappa shape index (κ3) is 6.23. The Bertz CT molecular complexity index is 1490. The maximum atomic E-state index is 13.6. The summed E-state index contributed by atoms with van der Waals surface area (Å²) < 4.78 is 73.6. The lowest BCUT2D eigenvalue weighted by Crippen LogP contribution is -2.38. The van der Waals surface area contributed by atoms with Gasteiger partial charge < -0.3 is 10.1 Å². The number of carbonyl (C=O) groups is 2. The lowest BCUT2D eigenvalue weighted by molar-refractivity contribution is -0.137. The molecule has 0 fully saturated rings. The molecule has 1 aromatic heterocycles. The highest BCUT2D eigenvalue weighted by Gasteiger charge is 2.36. The van der Waals surface area contributed by atoms with Crippen LogP contribution < -0.4 is 9.62 Å². The first-order valence-corrected chi connectivity index (χ1v) is 14.6. The lowest BCUT2D eigenvalue weighted by Gasteiger charge is -2.25. The number of amides is 1. The van der Waals surface area contributed by atoms with Gasteiger partial charge in [0.05, 0.1) is 33.3 Å². The Kier molecular flexibility index (Phi) is 8.57. The zero-order valence-electron chi connectivity index (χ0n) is 20.7. The van der Waals surface area contributed by atoms with Gasteiger partial charge in [0.15, 0.2) is 0 Å². The number of carbonyl (C=O) groups excluding carboxylic acids is 2. The summed E-state index contributed by atoms with van der Waals surface area (Å²) in [6.45, 7) is 0.918. The van der Waals surface area contributed by atoms with Crippen LogP contribution >= 0.6 is 22.9 Å². The van der Waals surface area contributed by atoms with Crippen LogP contribution in [0.2, 0.25) is 5.02 Å². The van der Waals surface area contributed by atoms with Crippen LogP contribution in [0, 0.1) is 0 Å². The number of rotatable bonds is 8. The molecule has 13 heteroatoms. The molecule has 7 nitrogen and oxygen atoms in total. The van der Waals surface area contributed by atoms with E-state index in [0.717, 1.165) is 41.8 Å². The SMILES string of the molecule is CCOC(=O)c1c(NC(=O)CN(c2ccc(Cl)c(C(F)(F)F)c2)S(=O)(=O)c2ccccc2)sc2c1CCCC2. The molecule has 0 spiro atoms. The Labute approximate surface area is 232 Å². The van der Waals surface area contributed by atoms with Crippen molar-refractivity contribution in [3.63, 3.8) is 0 Å². The van der Waals surface area contributed by atoms with Crippen molar-refractivity contribution >= 4 is 55.5 Å². The van der Waals surface area contributed by atoms with Gasteiger partial charge in [-0.25, -0.2) is 13.2 Å². The first-order valence-electron chi connectivity index (χ1n) is 12.0. The Hall–Kier alpha value is -3.09. The maximum absolute atomic E-state index is 13.6. The molecule has 2 aromatic carbocycles. The highest BCUT2D eigenvalue weighted by molar-refractivity contribution is 7.92. The predicted octanol–water partition coefficient (Wildman–Crippen LogP) is 6.31. The summed E-state index contributed by atoms with van der Waals surface area (Å²) in [5, 5.41) is 2.21. The fourth-order valence-electron chi connectivity index (χ4n) is 4.29. The van der Waals surface area contributed by atoms with E-state index in [-0.39, 0.29) is 22.1 Å². The molecule has 0 unspecified atom stereocenters. The van der Waals surface area contributed by atoms with Gasteiger partial charge in [-0.3, -0.25) is 9.10 Å². The number of nitrogens with zero attached hydrogens (tertiary/aromatic N) is 1. The molecule has 0 bridgehead atoms. The Balaban J connectivity index is 1.73. The fraction of sp³-hybridized carbons (Fsp3) is 0.308. The molecule has 1 aliphatic carbocycles. The van der Waals surface area contributed by atoms with Gasteiger partial charge in [0.25, 0.3) is 10.0 Å². The molecule has 3 aromatic rings. The molecule has 1 heterocycles. The average Bonchev–Trinajstić information content (AvgIpc) is 3.25. The van der Waals surface area contributed by atoms with Gasteiger partial charge in [0, 0.05) is 4.88 Å². The van der Waals surface area contributed by atoms with Crippen LogP contribution in [0.1, 0.15) is 46.1 Å². The second kappa shape index (κ2) is 11.6. The number of halogens is 4. The minimum Gasteiger partial charge on any atom is -0.462 e. The van der Waals surface area contributed by atoms with Crippen molar-refractivity contribution in [2.45, 2.75) is 43.7 Å². The Morgan fingerprint density at radius 1 is 1.10 bits per heavy atom. The lowest BCUT2D eigenvalue weighted by atomic mass is 9.95. The zero-order valence-corrected chi connectivity index (χ0v) is 23.1. The van der Waals surface area contributed by atoms with Crippen LogP contribution in [0.25, 0.3) is 0 Å². The largest absolute Gasteiger partial charge is 0.462 e. The van der Waals surface area contributed by atoms with Gasteiger partial charge in [0.2, 0.25) is 5.91 Å². The smallest absolute Gasteiger partial charge is 0.417 e. The number of aryl methyl sites for hydroxylation is 1. The number of esters is 1. The summed E-state index contributed by atoms with van der Waals surface area (Å²) in [4.78, 5) is 26.7. The number of fused-ring (bicyclic) bond motifs is 1. The van der Waals surface area contributed by atoms with E-state index in [9.17, 15) is 31.2 Å². The van der Waals surface area contributed by atoms with Crippen molar-refractivity contribution in [3.05, 3.63) is 75.1 Å². The van der Waals surface area contributed by atoms with Crippen molar-refractivity contribution in [2.75, 3.05) is 22.8 Å². The number of thiophene rings is 1. The van der Waals surface area contributed by atoms with E-state index in [1.165, 1.54) is 35.6 Å². The number of ether oxygens (including phenoxy) is 1.